The third kappa shape index (κ3) is 2.64. The lowest BCUT2D eigenvalue weighted by atomic mass is 9.74. The third-order valence-corrected chi connectivity index (χ3v) is 3.52. The zero-order valence-corrected chi connectivity index (χ0v) is 9.61. The van der Waals surface area contributed by atoms with Crippen molar-refractivity contribution in [3.63, 3.8) is 0 Å². The molecule has 0 aliphatic carbocycles. The van der Waals surface area contributed by atoms with E-state index in [-0.39, 0.29) is 5.41 Å². The fraction of sp³-hybridized carbons (Fsp3) is 0.727. The summed E-state index contributed by atoms with van der Waals surface area (Å²) in [7, 11) is 0. The molecule has 0 saturated carbocycles. The van der Waals surface area contributed by atoms with Crippen LogP contribution in [0.3, 0.4) is 0 Å². The monoisotopic (exact) mass is 219 g/mol. The number of aliphatic imine (C=N–C) groups is 1. The van der Waals surface area contributed by atoms with Gasteiger partial charge in [-0.25, -0.2) is 0 Å². The molecule has 0 radical (unpaired) electrons. The number of nitrogens with two attached hydrogens (primary N) is 1. The minimum absolute atomic E-state index is 0.137. The van der Waals surface area contributed by atoms with Crippen molar-refractivity contribution in [2.45, 2.75) is 32.6 Å². The Morgan fingerprint density at radius 1 is 1.44 bits per heavy atom. The summed E-state index contributed by atoms with van der Waals surface area (Å²) in [6, 6.07) is 2.27. The lowest BCUT2D eigenvalue weighted by molar-refractivity contribution is 0.145. The highest BCUT2D eigenvalue weighted by Gasteiger charge is 2.33. The van der Waals surface area contributed by atoms with Crippen molar-refractivity contribution in [1.29, 1.82) is 10.5 Å². The molecule has 1 saturated heterocycles. The normalized spacial score (nSPS) is 19.9. The van der Waals surface area contributed by atoms with Gasteiger partial charge in [0.05, 0.1) is 6.07 Å². The molecule has 1 aliphatic rings. The van der Waals surface area contributed by atoms with Crippen LogP contribution in [0, 0.1) is 28.2 Å². The van der Waals surface area contributed by atoms with E-state index in [1.165, 1.54) is 0 Å². The summed E-state index contributed by atoms with van der Waals surface area (Å²) in [5, 5.41) is 17.2. The molecule has 0 aromatic heterocycles. The van der Waals surface area contributed by atoms with Crippen molar-refractivity contribution in [3.05, 3.63) is 0 Å². The van der Waals surface area contributed by atoms with Crippen molar-refractivity contribution in [2.24, 2.45) is 16.1 Å². The van der Waals surface area contributed by atoms with Gasteiger partial charge in [0.1, 0.15) is 0 Å². The predicted molar refractivity (Wildman–Crippen MR) is 61.0 cm³/mol. The Morgan fingerprint density at radius 3 is 2.50 bits per heavy atom. The molecule has 1 aliphatic heterocycles. The number of guanidine groups is 1. The van der Waals surface area contributed by atoms with Crippen LogP contribution in [0.15, 0.2) is 4.99 Å². The van der Waals surface area contributed by atoms with Crippen LogP contribution in [0.2, 0.25) is 0 Å². The van der Waals surface area contributed by atoms with Crippen molar-refractivity contribution < 1.29 is 0 Å². The van der Waals surface area contributed by atoms with E-state index in [1.54, 1.807) is 6.19 Å². The molecule has 0 aromatic rings. The van der Waals surface area contributed by atoms with Gasteiger partial charge in [0, 0.05) is 19.5 Å². The molecule has 1 heterocycles. The van der Waals surface area contributed by atoms with Crippen LogP contribution in [-0.4, -0.2) is 23.9 Å². The molecular weight excluding hydrogens is 202 g/mol. The lowest BCUT2D eigenvalue weighted by Crippen LogP contribution is -2.46. The SMILES string of the molecule is CCC1(CC#N)CCN(C(N)=NC#N)CC1. The first kappa shape index (κ1) is 12.3. The standard InChI is InChI=1S/C11H17N5/c1-2-11(3-6-12)4-7-16(8-5-11)10(14)15-9-13/h2-5,7-8H2,1H3,(H2,14,15). The highest BCUT2D eigenvalue weighted by atomic mass is 15.3. The molecule has 0 amide bonds. The van der Waals surface area contributed by atoms with Gasteiger partial charge >= 0.3 is 0 Å². The first-order valence-electron chi connectivity index (χ1n) is 5.51. The summed E-state index contributed by atoms with van der Waals surface area (Å²) < 4.78 is 0. The molecular formula is C11H17N5. The second-order valence-electron chi connectivity index (χ2n) is 4.25. The van der Waals surface area contributed by atoms with Gasteiger partial charge in [-0.05, 0) is 24.7 Å². The van der Waals surface area contributed by atoms with E-state index in [0.29, 0.717) is 12.4 Å². The molecule has 0 unspecified atom stereocenters. The van der Waals surface area contributed by atoms with E-state index < -0.39 is 0 Å². The summed E-state index contributed by atoms with van der Waals surface area (Å²) in [5.41, 5.74) is 5.79. The van der Waals surface area contributed by atoms with Crippen LogP contribution in [0.4, 0.5) is 0 Å². The quantitative estimate of drug-likeness (QED) is 0.429. The zero-order chi connectivity index (χ0) is 12.0. The van der Waals surface area contributed by atoms with Crippen LogP contribution >= 0.6 is 0 Å². The molecule has 2 N–H and O–H groups in total. The van der Waals surface area contributed by atoms with Gasteiger partial charge in [0.25, 0.3) is 0 Å². The molecule has 5 heteroatoms. The predicted octanol–water partition coefficient (Wildman–Crippen LogP) is 1.19. The summed E-state index contributed by atoms with van der Waals surface area (Å²) in [5.74, 6) is 0.296. The Kier molecular flexibility index (Phi) is 4.13. The summed E-state index contributed by atoms with van der Waals surface area (Å²) >= 11 is 0. The first-order chi connectivity index (χ1) is 7.67. The second kappa shape index (κ2) is 5.37. The molecule has 0 spiro atoms. The number of piperidine rings is 1. The zero-order valence-electron chi connectivity index (χ0n) is 9.61. The molecule has 86 valence electrons. The summed E-state index contributed by atoms with van der Waals surface area (Å²) in [4.78, 5) is 5.44. The lowest BCUT2D eigenvalue weighted by Gasteiger charge is -2.40. The van der Waals surface area contributed by atoms with Gasteiger partial charge in [0.2, 0.25) is 12.2 Å². The van der Waals surface area contributed by atoms with E-state index in [1.807, 2.05) is 4.90 Å². The van der Waals surface area contributed by atoms with Gasteiger partial charge < -0.3 is 10.6 Å². The Hall–Kier alpha value is -1.75. The van der Waals surface area contributed by atoms with E-state index >= 15 is 0 Å². The van der Waals surface area contributed by atoms with Gasteiger partial charge in [-0.2, -0.15) is 10.5 Å². The summed E-state index contributed by atoms with van der Waals surface area (Å²) in [6.45, 7) is 3.69. The Labute approximate surface area is 96.2 Å². The van der Waals surface area contributed by atoms with Crippen LogP contribution in [0.1, 0.15) is 32.6 Å². The third-order valence-electron chi connectivity index (χ3n) is 3.52. The van der Waals surface area contributed by atoms with E-state index in [9.17, 15) is 0 Å². The smallest absolute Gasteiger partial charge is 0.209 e. The molecule has 0 bridgehead atoms. The average Bonchev–Trinajstić information content (AvgIpc) is 2.30. The molecule has 5 nitrogen and oxygen atoms in total. The van der Waals surface area contributed by atoms with Gasteiger partial charge in [-0.3, -0.25) is 0 Å². The molecule has 1 fully saturated rings. The van der Waals surface area contributed by atoms with Crippen LogP contribution in [0.5, 0.6) is 0 Å². The second-order valence-corrected chi connectivity index (χ2v) is 4.25. The fourth-order valence-electron chi connectivity index (χ4n) is 2.16. The maximum atomic E-state index is 8.82. The minimum Gasteiger partial charge on any atom is -0.369 e. The van der Waals surface area contributed by atoms with E-state index in [0.717, 1.165) is 32.4 Å². The average molecular weight is 219 g/mol. The van der Waals surface area contributed by atoms with Crippen LogP contribution in [0.25, 0.3) is 0 Å². The molecule has 16 heavy (non-hydrogen) atoms. The maximum Gasteiger partial charge on any atom is 0.209 e. The Bertz CT molecular complexity index is 338. The number of nitriles is 2. The maximum absolute atomic E-state index is 8.82. The van der Waals surface area contributed by atoms with Crippen molar-refractivity contribution in [2.75, 3.05) is 13.1 Å². The number of hydrogen-bond donors (Lipinski definition) is 1. The topological polar surface area (TPSA) is 89.2 Å². The van der Waals surface area contributed by atoms with E-state index in [2.05, 4.69) is 18.0 Å². The number of rotatable bonds is 2. The van der Waals surface area contributed by atoms with Crippen molar-refractivity contribution in [1.82, 2.24) is 4.90 Å². The first-order valence-corrected chi connectivity index (χ1v) is 5.51. The largest absolute Gasteiger partial charge is 0.369 e. The van der Waals surface area contributed by atoms with Crippen molar-refractivity contribution >= 4 is 5.96 Å². The van der Waals surface area contributed by atoms with Crippen molar-refractivity contribution in [3.8, 4) is 12.3 Å². The van der Waals surface area contributed by atoms with Gasteiger partial charge in [0.15, 0.2) is 0 Å². The van der Waals surface area contributed by atoms with E-state index in [4.69, 9.17) is 16.3 Å². The van der Waals surface area contributed by atoms with Crippen LogP contribution in [-0.2, 0) is 0 Å². The number of likely N-dealkylation sites (tertiary alicyclic amines) is 1. The highest BCUT2D eigenvalue weighted by molar-refractivity contribution is 5.79. The van der Waals surface area contributed by atoms with Gasteiger partial charge in [-0.15, -0.1) is 4.99 Å². The Balaban J connectivity index is 2.60. The molecule has 1 rings (SSSR count). The fourth-order valence-corrected chi connectivity index (χ4v) is 2.16. The van der Waals surface area contributed by atoms with Gasteiger partial charge in [-0.1, -0.05) is 6.92 Å². The number of nitrogens with zero attached hydrogens (tertiary/aromatic N) is 4. The number of hydrogen-bond acceptors (Lipinski definition) is 3. The minimum atomic E-state index is 0.137. The molecule has 0 atom stereocenters. The molecule has 0 aromatic carbocycles. The summed E-state index contributed by atoms with van der Waals surface area (Å²) in [6.07, 6.45) is 5.20. The Morgan fingerprint density at radius 2 is 2.06 bits per heavy atom. The highest BCUT2D eigenvalue weighted by Crippen LogP contribution is 2.37. The van der Waals surface area contributed by atoms with Crippen LogP contribution < -0.4 is 5.73 Å².